The number of carbonyl (C=O) groups is 2. The molecule has 7 nitrogen and oxygen atoms in total. The molecule has 0 saturated heterocycles. The number of halogens is 2. The quantitative estimate of drug-likeness (QED) is 0.268. The lowest BCUT2D eigenvalue weighted by atomic mass is 10.1. The van der Waals surface area contributed by atoms with Gasteiger partial charge in [0.2, 0.25) is 11.8 Å². The van der Waals surface area contributed by atoms with Crippen LogP contribution in [0.3, 0.4) is 0 Å². The van der Waals surface area contributed by atoms with Crippen LogP contribution in [-0.4, -0.2) is 45.3 Å². The van der Waals surface area contributed by atoms with Crippen LogP contribution in [0.5, 0.6) is 0 Å². The van der Waals surface area contributed by atoms with Crippen molar-refractivity contribution in [3.63, 3.8) is 0 Å². The highest BCUT2D eigenvalue weighted by molar-refractivity contribution is 6.42. The number of unbranched alkanes of at least 4 members (excludes halogenated alkanes) is 5. The summed E-state index contributed by atoms with van der Waals surface area (Å²) in [5.74, 6) is 0.666. The Morgan fingerprint density at radius 3 is 2.42 bits per heavy atom. The van der Waals surface area contributed by atoms with E-state index in [1.165, 1.54) is 6.42 Å². The van der Waals surface area contributed by atoms with Gasteiger partial charge in [0.15, 0.2) is 7.98 Å². The van der Waals surface area contributed by atoms with E-state index in [0.717, 1.165) is 44.3 Å². The monoisotopic (exact) mass is 493 g/mol. The molecule has 0 fully saturated rings. The van der Waals surface area contributed by atoms with Crippen LogP contribution in [0.4, 0.5) is 5.69 Å². The predicted molar refractivity (Wildman–Crippen MR) is 137 cm³/mol. The van der Waals surface area contributed by atoms with Crippen molar-refractivity contribution in [1.29, 1.82) is 0 Å². The minimum absolute atomic E-state index is 0.0498. The number of benzene rings is 1. The highest BCUT2D eigenvalue weighted by Gasteiger charge is 2.25. The first-order valence-electron chi connectivity index (χ1n) is 11.7. The molecule has 1 aliphatic heterocycles. The molecule has 0 aromatic heterocycles. The largest absolute Gasteiger partial charge is 0.366 e. The lowest BCUT2D eigenvalue weighted by molar-refractivity contribution is -0.122. The van der Waals surface area contributed by atoms with Crippen molar-refractivity contribution in [2.75, 3.05) is 24.6 Å². The van der Waals surface area contributed by atoms with E-state index < -0.39 is 0 Å². The number of carbonyl (C=O) groups excluding carboxylic acids is 2. The van der Waals surface area contributed by atoms with Crippen molar-refractivity contribution < 1.29 is 9.59 Å². The van der Waals surface area contributed by atoms with E-state index in [1.54, 1.807) is 17.1 Å². The van der Waals surface area contributed by atoms with Gasteiger partial charge in [-0.05, 0) is 44.0 Å². The molecular formula is C23H34BCl2N5O2. The summed E-state index contributed by atoms with van der Waals surface area (Å²) in [6, 6.07) is 5.33. The summed E-state index contributed by atoms with van der Waals surface area (Å²) in [5.41, 5.74) is 0.826. The van der Waals surface area contributed by atoms with E-state index in [1.807, 2.05) is 13.0 Å². The van der Waals surface area contributed by atoms with Gasteiger partial charge in [0.25, 0.3) is 0 Å². The first-order chi connectivity index (χ1) is 15.9. The van der Waals surface area contributed by atoms with Gasteiger partial charge in [0, 0.05) is 25.3 Å². The predicted octanol–water partition coefficient (Wildman–Crippen LogP) is 4.18. The molecular weight excluding hydrogens is 460 g/mol. The van der Waals surface area contributed by atoms with Gasteiger partial charge in [0.05, 0.1) is 22.3 Å². The first kappa shape index (κ1) is 27.5. The number of anilines is 1. The molecule has 1 unspecified atom stereocenters. The average molecular weight is 494 g/mol. The number of amidine groups is 1. The topological polar surface area (TPSA) is 85.8 Å². The van der Waals surface area contributed by atoms with Gasteiger partial charge in [-0.15, -0.1) is 0 Å². The van der Waals surface area contributed by atoms with E-state index in [9.17, 15) is 9.59 Å². The van der Waals surface area contributed by atoms with E-state index >= 15 is 0 Å². The zero-order chi connectivity index (χ0) is 24.1. The maximum Gasteiger partial charge on any atom is 0.225 e. The summed E-state index contributed by atoms with van der Waals surface area (Å²) < 4.78 is 0. The van der Waals surface area contributed by atoms with Crippen LogP contribution in [0, 0.1) is 5.92 Å². The minimum Gasteiger partial charge on any atom is -0.366 e. The molecule has 0 spiro atoms. The Morgan fingerprint density at radius 1 is 1.00 bits per heavy atom. The number of hydrazone groups is 1. The number of hydrogen-bond donors (Lipinski definition) is 3. The molecule has 2 amide bonds. The molecule has 33 heavy (non-hydrogen) atoms. The van der Waals surface area contributed by atoms with Gasteiger partial charge in [-0.1, -0.05) is 55.8 Å². The molecule has 1 atom stereocenters. The fraction of sp³-hybridized carbons (Fsp3) is 0.609. The summed E-state index contributed by atoms with van der Waals surface area (Å²) in [6.45, 7) is 4.00. The standard InChI is InChI=1S/C23H34BCl2N5O2/c1-17-16-31(18-11-12-19(25)20(26)15-18)30-23(17)29-22(33)10-8-13-27-21(32)9-6-4-2-3-5-7-14-28-24/h11-12,15,17,28H,2-10,13-14,16H2,1H3,(H,27,32)(H,29,30,33). The van der Waals surface area contributed by atoms with Crippen molar-refractivity contribution in [3.8, 4) is 0 Å². The molecule has 10 heteroatoms. The number of nitrogens with zero attached hydrogens (tertiary/aromatic N) is 2. The Morgan fingerprint density at radius 2 is 1.70 bits per heavy atom. The van der Waals surface area contributed by atoms with Gasteiger partial charge < -0.3 is 15.9 Å². The van der Waals surface area contributed by atoms with Crippen molar-refractivity contribution in [2.45, 2.75) is 64.7 Å². The molecule has 0 bridgehead atoms. The van der Waals surface area contributed by atoms with E-state index in [0.29, 0.717) is 48.2 Å². The first-order valence-corrected chi connectivity index (χ1v) is 12.5. The maximum atomic E-state index is 12.3. The van der Waals surface area contributed by atoms with Crippen LogP contribution in [-0.2, 0) is 9.59 Å². The van der Waals surface area contributed by atoms with Crippen molar-refractivity contribution >= 4 is 54.5 Å². The second-order valence-electron chi connectivity index (χ2n) is 8.39. The molecule has 1 heterocycles. The van der Waals surface area contributed by atoms with Crippen molar-refractivity contribution in [1.82, 2.24) is 15.9 Å². The number of rotatable bonds is 14. The SMILES string of the molecule is [B]NCCCCCCCCC(=O)NCCCC(=O)NC1=NN(c2ccc(Cl)c(Cl)c2)CC1C. The normalized spacial score (nSPS) is 15.4. The average Bonchev–Trinajstić information content (AvgIpc) is 3.15. The molecule has 1 aromatic carbocycles. The summed E-state index contributed by atoms with van der Waals surface area (Å²) in [5, 5.41) is 15.7. The van der Waals surface area contributed by atoms with Crippen molar-refractivity contribution in [2.24, 2.45) is 11.0 Å². The number of amides is 2. The lowest BCUT2D eigenvalue weighted by Crippen LogP contribution is -2.34. The van der Waals surface area contributed by atoms with Crippen LogP contribution in [0.2, 0.25) is 10.0 Å². The second-order valence-corrected chi connectivity index (χ2v) is 9.21. The lowest BCUT2D eigenvalue weighted by Gasteiger charge is -2.14. The third-order valence-electron chi connectivity index (χ3n) is 5.49. The highest BCUT2D eigenvalue weighted by Crippen LogP contribution is 2.29. The summed E-state index contributed by atoms with van der Waals surface area (Å²) >= 11 is 12.1. The number of nitrogens with one attached hydrogen (secondary N) is 3. The van der Waals surface area contributed by atoms with Gasteiger partial charge in [-0.2, -0.15) is 5.10 Å². The molecule has 0 saturated carbocycles. The van der Waals surface area contributed by atoms with E-state index in [-0.39, 0.29) is 17.7 Å². The van der Waals surface area contributed by atoms with Crippen LogP contribution in [0.1, 0.15) is 64.7 Å². The highest BCUT2D eigenvalue weighted by atomic mass is 35.5. The smallest absolute Gasteiger partial charge is 0.225 e. The molecule has 2 rings (SSSR count). The Labute approximate surface area is 208 Å². The third-order valence-corrected chi connectivity index (χ3v) is 6.23. The van der Waals surface area contributed by atoms with E-state index in [2.05, 4.69) is 21.0 Å². The zero-order valence-electron chi connectivity index (χ0n) is 19.3. The molecule has 3 N–H and O–H groups in total. The zero-order valence-corrected chi connectivity index (χ0v) is 20.9. The fourth-order valence-electron chi connectivity index (χ4n) is 3.56. The number of hydrogen-bond acceptors (Lipinski definition) is 5. The van der Waals surface area contributed by atoms with Crippen LogP contribution >= 0.6 is 23.2 Å². The van der Waals surface area contributed by atoms with Crippen LogP contribution in [0.25, 0.3) is 0 Å². The Bertz CT molecular complexity index is 809. The molecule has 2 radical (unpaired) electrons. The van der Waals surface area contributed by atoms with Crippen LogP contribution < -0.4 is 20.9 Å². The Balaban J connectivity index is 1.58. The molecule has 1 aromatic rings. The summed E-state index contributed by atoms with van der Waals surface area (Å²) in [6.07, 6.45) is 7.98. The fourth-order valence-corrected chi connectivity index (χ4v) is 3.85. The van der Waals surface area contributed by atoms with Crippen LogP contribution in [0.15, 0.2) is 23.3 Å². The van der Waals surface area contributed by atoms with E-state index in [4.69, 9.17) is 31.2 Å². The second kappa shape index (κ2) is 15.2. The summed E-state index contributed by atoms with van der Waals surface area (Å²) in [7, 11) is 5.23. The van der Waals surface area contributed by atoms with Crippen molar-refractivity contribution in [3.05, 3.63) is 28.2 Å². The molecule has 1 aliphatic rings. The van der Waals surface area contributed by atoms with Gasteiger partial charge in [0.1, 0.15) is 5.84 Å². The third kappa shape index (κ3) is 10.4. The Hall–Kier alpha value is -1.77. The maximum absolute atomic E-state index is 12.3. The minimum atomic E-state index is -0.101. The van der Waals surface area contributed by atoms with Gasteiger partial charge >= 0.3 is 0 Å². The van der Waals surface area contributed by atoms with Gasteiger partial charge in [-0.3, -0.25) is 14.6 Å². The Kier molecular flexibility index (Phi) is 12.7. The molecule has 180 valence electrons. The summed E-state index contributed by atoms with van der Waals surface area (Å²) in [4.78, 5) is 24.2. The van der Waals surface area contributed by atoms with Gasteiger partial charge in [-0.25, -0.2) is 0 Å². The molecule has 0 aliphatic carbocycles.